The first-order valence-electron chi connectivity index (χ1n) is 6.94. The fourth-order valence-corrected chi connectivity index (χ4v) is 4.88. The predicted molar refractivity (Wildman–Crippen MR) is 91.0 cm³/mol. The second-order valence-electron chi connectivity index (χ2n) is 5.13. The van der Waals surface area contributed by atoms with E-state index in [2.05, 4.69) is 12.1 Å². The van der Waals surface area contributed by atoms with E-state index < -0.39 is 5.97 Å². The zero-order chi connectivity index (χ0) is 15.7. The molecule has 3 rings (SSSR count). The fraction of sp³-hybridized carbons (Fsp3) is 0.250. The van der Waals surface area contributed by atoms with Gasteiger partial charge in [-0.1, -0.05) is 18.2 Å². The third-order valence-electron chi connectivity index (χ3n) is 3.49. The topological polar surface area (TPSA) is 57.6 Å². The van der Waals surface area contributed by atoms with Crippen LogP contribution >= 0.6 is 22.7 Å². The van der Waals surface area contributed by atoms with Gasteiger partial charge in [0.25, 0.3) is 5.91 Å². The maximum Gasteiger partial charge on any atom is 0.303 e. The molecule has 4 nitrogen and oxygen atoms in total. The molecule has 1 aromatic carbocycles. The number of amides is 1. The van der Waals surface area contributed by atoms with Crippen molar-refractivity contribution in [2.75, 3.05) is 13.6 Å². The van der Waals surface area contributed by atoms with Crippen LogP contribution in [0.25, 0.3) is 19.5 Å². The molecule has 6 heteroatoms. The average Bonchev–Trinajstić information content (AvgIpc) is 3.03. The van der Waals surface area contributed by atoms with Gasteiger partial charge in [0.2, 0.25) is 0 Å². The van der Waals surface area contributed by atoms with Crippen LogP contribution in [0.15, 0.2) is 30.3 Å². The van der Waals surface area contributed by atoms with Crippen molar-refractivity contribution in [3.63, 3.8) is 0 Å². The molecule has 0 unspecified atom stereocenters. The van der Waals surface area contributed by atoms with Crippen LogP contribution in [-0.2, 0) is 4.79 Å². The van der Waals surface area contributed by atoms with Crippen LogP contribution in [0.2, 0.25) is 0 Å². The van der Waals surface area contributed by atoms with Gasteiger partial charge in [0.15, 0.2) is 0 Å². The summed E-state index contributed by atoms with van der Waals surface area (Å²) in [6.45, 7) is 0.456. The second-order valence-corrected chi connectivity index (χ2v) is 7.26. The molecule has 0 radical (unpaired) electrons. The van der Waals surface area contributed by atoms with E-state index in [4.69, 9.17) is 5.11 Å². The molecule has 0 saturated heterocycles. The Morgan fingerprint density at radius 3 is 2.73 bits per heavy atom. The summed E-state index contributed by atoms with van der Waals surface area (Å²) in [6, 6.07) is 10.1. The first kappa shape index (κ1) is 15.0. The molecule has 0 aliphatic rings. The maximum atomic E-state index is 12.4. The van der Waals surface area contributed by atoms with Crippen molar-refractivity contribution in [3.8, 4) is 0 Å². The number of carboxylic acid groups (broad SMARTS) is 1. The van der Waals surface area contributed by atoms with Gasteiger partial charge in [-0.3, -0.25) is 9.59 Å². The molecule has 1 N–H and O–H groups in total. The summed E-state index contributed by atoms with van der Waals surface area (Å²) in [5.74, 6) is -0.869. The largest absolute Gasteiger partial charge is 0.481 e. The summed E-state index contributed by atoms with van der Waals surface area (Å²) in [4.78, 5) is 25.3. The predicted octanol–water partition coefficient (Wildman–Crippen LogP) is 4.05. The Morgan fingerprint density at radius 2 is 1.95 bits per heavy atom. The summed E-state index contributed by atoms with van der Waals surface area (Å²) in [7, 11) is 1.72. The number of nitrogens with zero attached hydrogens (tertiary/aromatic N) is 1. The van der Waals surface area contributed by atoms with Crippen molar-refractivity contribution < 1.29 is 14.7 Å². The normalized spacial score (nSPS) is 11.1. The lowest BCUT2D eigenvalue weighted by molar-refractivity contribution is -0.137. The smallest absolute Gasteiger partial charge is 0.303 e. The number of carbonyl (C=O) groups excluding carboxylic acids is 1. The van der Waals surface area contributed by atoms with Gasteiger partial charge in [-0.25, -0.2) is 0 Å². The molecule has 1 amide bonds. The van der Waals surface area contributed by atoms with E-state index in [-0.39, 0.29) is 12.3 Å². The van der Waals surface area contributed by atoms with E-state index in [1.165, 1.54) is 21.4 Å². The Balaban J connectivity index is 1.80. The molecule has 22 heavy (non-hydrogen) atoms. The van der Waals surface area contributed by atoms with Gasteiger partial charge in [-0.15, -0.1) is 22.7 Å². The minimum absolute atomic E-state index is 0.0390. The van der Waals surface area contributed by atoms with Crippen LogP contribution in [0.3, 0.4) is 0 Å². The van der Waals surface area contributed by atoms with Gasteiger partial charge in [0.1, 0.15) is 0 Å². The highest BCUT2D eigenvalue weighted by Gasteiger charge is 2.17. The first-order valence-corrected chi connectivity index (χ1v) is 8.58. The summed E-state index contributed by atoms with van der Waals surface area (Å²) >= 11 is 3.21. The van der Waals surface area contributed by atoms with Gasteiger partial charge in [0, 0.05) is 34.8 Å². The number of rotatable bonds is 5. The molecule has 0 bridgehead atoms. The third kappa shape index (κ3) is 2.84. The molecule has 3 aromatic rings. The van der Waals surface area contributed by atoms with E-state index in [0.29, 0.717) is 17.8 Å². The van der Waals surface area contributed by atoms with Crippen LogP contribution < -0.4 is 0 Å². The molecular weight excluding hydrogens is 318 g/mol. The highest BCUT2D eigenvalue weighted by molar-refractivity contribution is 7.33. The molecular formula is C16H15NO3S2. The van der Waals surface area contributed by atoms with E-state index in [1.54, 1.807) is 23.3 Å². The van der Waals surface area contributed by atoms with Crippen molar-refractivity contribution in [3.05, 3.63) is 35.2 Å². The average molecular weight is 333 g/mol. The molecule has 0 aliphatic heterocycles. The van der Waals surface area contributed by atoms with E-state index in [9.17, 15) is 9.59 Å². The van der Waals surface area contributed by atoms with Crippen LogP contribution in [-0.4, -0.2) is 35.5 Å². The maximum absolute atomic E-state index is 12.4. The highest BCUT2D eigenvalue weighted by atomic mass is 32.1. The highest BCUT2D eigenvalue weighted by Crippen LogP contribution is 2.39. The number of benzene rings is 1. The number of thiophene rings is 2. The number of hydrogen-bond acceptors (Lipinski definition) is 4. The monoisotopic (exact) mass is 333 g/mol. The lowest BCUT2D eigenvalue weighted by Crippen LogP contribution is -2.27. The zero-order valence-electron chi connectivity index (χ0n) is 12.0. The SMILES string of the molecule is CN(CCCC(=O)O)C(=O)c1cc2sc3ccccc3c2s1. The summed E-state index contributed by atoms with van der Waals surface area (Å²) in [6.07, 6.45) is 0.558. The van der Waals surface area contributed by atoms with Gasteiger partial charge in [-0.05, 0) is 18.6 Å². The summed E-state index contributed by atoms with van der Waals surface area (Å²) in [5.41, 5.74) is 0. The molecule has 0 spiro atoms. The van der Waals surface area contributed by atoms with E-state index >= 15 is 0 Å². The molecule has 114 valence electrons. The Bertz CT molecular complexity index is 849. The second kappa shape index (κ2) is 6.06. The summed E-state index contributed by atoms with van der Waals surface area (Å²) < 4.78 is 3.52. The quantitative estimate of drug-likeness (QED) is 0.766. The van der Waals surface area contributed by atoms with E-state index in [0.717, 1.165) is 9.40 Å². The lowest BCUT2D eigenvalue weighted by atomic mass is 10.2. The Labute approximate surface area is 135 Å². The van der Waals surface area contributed by atoms with Crippen molar-refractivity contribution in [2.45, 2.75) is 12.8 Å². The van der Waals surface area contributed by atoms with Crippen molar-refractivity contribution in [2.24, 2.45) is 0 Å². The van der Waals surface area contributed by atoms with Crippen LogP contribution in [0.5, 0.6) is 0 Å². The Hall–Kier alpha value is -1.92. The number of carboxylic acids is 1. The van der Waals surface area contributed by atoms with Gasteiger partial charge >= 0.3 is 5.97 Å². The first-order chi connectivity index (χ1) is 10.6. The minimum Gasteiger partial charge on any atom is -0.481 e. The number of aliphatic carboxylic acids is 1. The van der Waals surface area contributed by atoms with E-state index in [1.807, 2.05) is 18.2 Å². The molecule has 2 heterocycles. The summed E-state index contributed by atoms with van der Waals surface area (Å²) in [5, 5.41) is 9.84. The standard InChI is InChI=1S/C16H15NO3S2/c1-17(8-4-7-14(18)19)16(20)13-9-12-15(22-13)10-5-2-3-6-11(10)21-12/h2-3,5-6,9H,4,7-8H2,1H3,(H,18,19). The number of fused-ring (bicyclic) bond motifs is 3. The van der Waals surface area contributed by atoms with Crippen LogP contribution in [0, 0.1) is 0 Å². The van der Waals surface area contributed by atoms with Gasteiger partial charge in [0.05, 0.1) is 9.58 Å². The molecule has 0 saturated carbocycles. The minimum atomic E-state index is -0.830. The zero-order valence-corrected chi connectivity index (χ0v) is 13.7. The third-order valence-corrected chi connectivity index (χ3v) is 5.89. The number of carbonyl (C=O) groups is 2. The van der Waals surface area contributed by atoms with Crippen molar-refractivity contribution in [1.29, 1.82) is 0 Å². The lowest BCUT2D eigenvalue weighted by Gasteiger charge is -2.15. The molecule has 0 atom stereocenters. The molecule has 0 fully saturated rings. The number of hydrogen-bond donors (Lipinski definition) is 1. The fourth-order valence-electron chi connectivity index (χ4n) is 2.36. The Kier molecular flexibility index (Phi) is 4.13. The van der Waals surface area contributed by atoms with Crippen LogP contribution in [0.4, 0.5) is 0 Å². The van der Waals surface area contributed by atoms with Crippen molar-refractivity contribution in [1.82, 2.24) is 4.90 Å². The van der Waals surface area contributed by atoms with Gasteiger partial charge in [-0.2, -0.15) is 0 Å². The van der Waals surface area contributed by atoms with Crippen LogP contribution in [0.1, 0.15) is 22.5 Å². The molecule has 2 aromatic heterocycles. The Morgan fingerprint density at radius 1 is 1.18 bits per heavy atom. The van der Waals surface area contributed by atoms with Gasteiger partial charge < -0.3 is 10.0 Å². The molecule has 0 aliphatic carbocycles. The van der Waals surface area contributed by atoms with Crippen molar-refractivity contribution >= 4 is 54.0 Å².